The molecule has 1 aromatic carbocycles. The molecule has 1 aliphatic rings. The summed E-state index contributed by atoms with van der Waals surface area (Å²) in [6.45, 7) is 2.32. The summed E-state index contributed by atoms with van der Waals surface area (Å²) in [6.07, 6.45) is 1.61. The van der Waals surface area contributed by atoms with Crippen molar-refractivity contribution in [3.05, 3.63) is 35.9 Å². The zero-order chi connectivity index (χ0) is 13.8. The van der Waals surface area contributed by atoms with Gasteiger partial charge in [0, 0.05) is 6.54 Å². The van der Waals surface area contributed by atoms with E-state index < -0.39 is 23.8 Å². The highest BCUT2D eigenvalue weighted by Crippen LogP contribution is 2.22. The van der Waals surface area contributed by atoms with Crippen LogP contribution in [0.1, 0.15) is 31.2 Å². The summed E-state index contributed by atoms with van der Waals surface area (Å²) < 4.78 is 0. The van der Waals surface area contributed by atoms with E-state index in [1.54, 1.807) is 24.3 Å². The number of hydrogen-bond donors (Lipinski definition) is 1. The second kappa shape index (κ2) is 5.65. The van der Waals surface area contributed by atoms with Gasteiger partial charge >= 0.3 is 6.03 Å². The highest BCUT2D eigenvalue weighted by Gasteiger charge is 2.40. The fraction of sp³-hybridized carbons (Fsp3) is 0.357. The Balaban J connectivity index is 2.26. The Hall–Kier alpha value is -2.17. The average Bonchev–Trinajstić information content (AvgIpc) is 2.39. The minimum absolute atomic E-state index is 0.345. The van der Waals surface area contributed by atoms with Crippen LogP contribution >= 0.6 is 0 Å². The van der Waals surface area contributed by atoms with Crippen molar-refractivity contribution >= 4 is 17.8 Å². The van der Waals surface area contributed by atoms with E-state index in [1.807, 2.05) is 13.0 Å². The number of carbonyl (C=O) groups excluding carboxylic acids is 3. The number of benzene rings is 1. The summed E-state index contributed by atoms with van der Waals surface area (Å²) in [7, 11) is 0. The number of rotatable bonds is 4. The van der Waals surface area contributed by atoms with Crippen molar-refractivity contribution in [2.45, 2.75) is 25.7 Å². The Morgan fingerprint density at radius 1 is 1.16 bits per heavy atom. The van der Waals surface area contributed by atoms with Crippen LogP contribution in [0.3, 0.4) is 0 Å². The quantitative estimate of drug-likeness (QED) is 0.837. The molecule has 2 rings (SSSR count). The van der Waals surface area contributed by atoms with Crippen LogP contribution in [0.5, 0.6) is 0 Å². The van der Waals surface area contributed by atoms with Gasteiger partial charge in [-0.3, -0.25) is 19.8 Å². The molecule has 19 heavy (non-hydrogen) atoms. The first-order valence-electron chi connectivity index (χ1n) is 6.36. The van der Waals surface area contributed by atoms with Crippen LogP contribution < -0.4 is 5.32 Å². The number of urea groups is 1. The Kier molecular flexibility index (Phi) is 3.94. The molecule has 1 saturated heterocycles. The fourth-order valence-electron chi connectivity index (χ4n) is 2.08. The van der Waals surface area contributed by atoms with Crippen LogP contribution in [0.2, 0.25) is 0 Å². The topological polar surface area (TPSA) is 66.5 Å². The van der Waals surface area contributed by atoms with E-state index in [2.05, 4.69) is 5.32 Å². The lowest BCUT2D eigenvalue weighted by Crippen LogP contribution is -2.56. The zero-order valence-electron chi connectivity index (χ0n) is 10.8. The number of barbiturate groups is 1. The SMILES string of the molecule is CCCCN1C(=O)NC(=O)C(c2ccccc2)C1=O. The highest BCUT2D eigenvalue weighted by atomic mass is 16.2. The third-order valence-corrected chi connectivity index (χ3v) is 3.12. The molecule has 1 atom stereocenters. The standard InChI is InChI=1S/C14H16N2O3/c1-2-3-9-16-13(18)11(12(17)15-14(16)19)10-7-5-4-6-8-10/h4-8,11H,2-3,9H2,1H3,(H,15,17,19). The van der Waals surface area contributed by atoms with E-state index in [4.69, 9.17) is 0 Å². The summed E-state index contributed by atoms with van der Waals surface area (Å²) in [5.74, 6) is -1.90. The van der Waals surface area contributed by atoms with E-state index in [1.165, 1.54) is 0 Å². The first-order valence-corrected chi connectivity index (χ1v) is 6.36. The van der Waals surface area contributed by atoms with Gasteiger partial charge in [0.25, 0.3) is 0 Å². The van der Waals surface area contributed by atoms with Gasteiger partial charge in [0.05, 0.1) is 0 Å². The van der Waals surface area contributed by atoms with Gasteiger partial charge in [-0.15, -0.1) is 0 Å². The van der Waals surface area contributed by atoms with Crippen LogP contribution in [0.15, 0.2) is 30.3 Å². The van der Waals surface area contributed by atoms with Crippen molar-refractivity contribution in [3.63, 3.8) is 0 Å². The number of hydrogen-bond acceptors (Lipinski definition) is 3. The van der Waals surface area contributed by atoms with Gasteiger partial charge in [0.1, 0.15) is 5.92 Å². The molecule has 1 unspecified atom stereocenters. The number of imide groups is 2. The van der Waals surface area contributed by atoms with Crippen molar-refractivity contribution < 1.29 is 14.4 Å². The van der Waals surface area contributed by atoms with Gasteiger partial charge in [0.15, 0.2) is 0 Å². The molecule has 0 aliphatic carbocycles. The monoisotopic (exact) mass is 260 g/mol. The minimum Gasteiger partial charge on any atom is -0.277 e. The van der Waals surface area contributed by atoms with Gasteiger partial charge in [-0.1, -0.05) is 43.7 Å². The molecule has 0 radical (unpaired) electrons. The molecule has 0 bridgehead atoms. The average molecular weight is 260 g/mol. The molecule has 1 heterocycles. The van der Waals surface area contributed by atoms with Gasteiger partial charge in [-0.05, 0) is 12.0 Å². The highest BCUT2D eigenvalue weighted by molar-refractivity contribution is 6.19. The largest absolute Gasteiger partial charge is 0.330 e. The smallest absolute Gasteiger partial charge is 0.277 e. The summed E-state index contributed by atoms with van der Waals surface area (Å²) in [4.78, 5) is 37.0. The molecule has 1 aromatic rings. The second-order valence-electron chi connectivity index (χ2n) is 4.48. The van der Waals surface area contributed by atoms with Crippen LogP contribution in [0.4, 0.5) is 4.79 Å². The maximum Gasteiger partial charge on any atom is 0.330 e. The Morgan fingerprint density at radius 3 is 2.47 bits per heavy atom. The maximum absolute atomic E-state index is 12.3. The Labute approximate surface area is 111 Å². The van der Waals surface area contributed by atoms with E-state index in [0.717, 1.165) is 17.7 Å². The number of amides is 4. The van der Waals surface area contributed by atoms with Gasteiger partial charge in [-0.2, -0.15) is 0 Å². The first-order chi connectivity index (χ1) is 9.15. The van der Waals surface area contributed by atoms with Crippen molar-refractivity contribution in [2.75, 3.05) is 6.54 Å². The maximum atomic E-state index is 12.3. The van der Waals surface area contributed by atoms with Crippen LogP contribution in [-0.2, 0) is 9.59 Å². The molecule has 1 fully saturated rings. The molecule has 100 valence electrons. The summed E-state index contributed by atoms with van der Waals surface area (Å²) in [5.41, 5.74) is 0.610. The van der Waals surface area contributed by atoms with Crippen molar-refractivity contribution in [1.82, 2.24) is 10.2 Å². The molecule has 4 amide bonds. The Morgan fingerprint density at radius 2 is 1.84 bits per heavy atom. The van der Waals surface area contributed by atoms with Gasteiger partial charge in [0.2, 0.25) is 11.8 Å². The van der Waals surface area contributed by atoms with Crippen molar-refractivity contribution in [3.8, 4) is 0 Å². The van der Waals surface area contributed by atoms with Crippen LogP contribution in [-0.4, -0.2) is 29.3 Å². The van der Waals surface area contributed by atoms with Gasteiger partial charge < -0.3 is 0 Å². The van der Waals surface area contributed by atoms with E-state index in [0.29, 0.717) is 12.1 Å². The second-order valence-corrected chi connectivity index (χ2v) is 4.48. The van der Waals surface area contributed by atoms with Crippen LogP contribution in [0.25, 0.3) is 0 Å². The van der Waals surface area contributed by atoms with Crippen LogP contribution in [0, 0.1) is 0 Å². The lowest BCUT2D eigenvalue weighted by molar-refractivity contribution is -0.138. The minimum atomic E-state index is -0.921. The zero-order valence-corrected chi connectivity index (χ0v) is 10.8. The first kappa shape index (κ1) is 13.3. The molecule has 5 nitrogen and oxygen atoms in total. The molecule has 5 heteroatoms. The number of carbonyl (C=O) groups is 3. The lowest BCUT2D eigenvalue weighted by Gasteiger charge is -2.30. The predicted molar refractivity (Wildman–Crippen MR) is 69.3 cm³/mol. The van der Waals surface area contributed by atoms with Crippen molar-refractivity contribution in [1.29, 1.82) is 0 Å². The lowest BCUT2D eigenvalue weighted by atomic mass is 9.95. The van der Waals surface area contributed by atoms with E-state index >= 15 is 0 Å². The molecular weight excluding hydrogens is 244 g/mol. The molecular formula is C14H16N2O3. The van der Waals surface area contributed by atoms with E-state index in [9.17, 15) is 14.4 Å². The number of nitrogens with zero attached hydrogens (tertiary/aromatic N) is 1. The molecule has 0 saturated carbocycles. The molecule has 1 aliphatic heterocycles. The number of unbranched alkanes of at least 4 members (excludes halogenated alkanes) is 1. The van der Waals surface area contributed by atoms with Gasteiger partial charge in [-0.25, -0.2) is 4.79 Å². The summed E-state index contributed by atoms with van der Waals surface area (Å²) >= 11 is 0. The fourth-order valence-corrected chi connectivity index (χ4v) is 2.08. The summed E-state index contributed by atoms with van der Waals surface area (Å²) in [6, 6.07) is 8.17. The number of nitrogens with one attached hydrogen (secondary N) is 1. The molecule has 1 N–H and O–H groups in total. The Bertz CT molecular complexity index is 499. The molecule has 0 spiro atoms. The van der Waals surface area contributed by atoms with E-state index in [-0.39, 0.29) is 0 Å². The normalized spacial score (nSPS) is 19.5. The predicted octanol–water partition coefficient (Wildman–Crippen LogP) is 1.65. The van der Waals surface area contributed by atoms with Crippen molar-refractivity contribution in [2.24, 2.45) is 0 Å². The molecule has 0 aromatic heterocycles. The third kappa shape index (κ3) is 2.65. The third-order valence-electron chi connectivity index (χ3n) is 3.12. The summed E-state index contributed by atoms with van der Waals surface area (Å²) in [5, 5.41) is 2.24.